The number of rotatable bonds is 7. The number of carbonyl (C=O) groups excluding carboxylic acids is 1. The number of ether oxygens (including phenoxy) is 1. The van der Waals surface area contributed by atoms with E-state index >= 15 is 0 Å². The Morgan fingerprint density at radius 1 is 1.10 bits per heavy atom. The maximum Gasteiger partial charge on any atom is 0.416 e. The van der Waals surface area contributed by atoms with Crippen molar-refractivity contribution >= 4 is 34.4 Å². The van der Waals surface area contributed by atoms with Gasteiger partial charge >= 0.3 is 11.9 Å². The number of carbonyl (C=O) groups is 1. The number of amides is 1. The first-order valence-corrected chi connectivity index (χ1v) is 12.7. The van der Waals surface area contributed by atoms with Crippen LogP contribution in [0.5, 0.6) is 5.75 Å². The lowest BCUT2D eigenvalue weighted by Crippen LogP contribution is -2.25. The van der Waals surface area contributed by atoms with Gasteiger partial charge in [-0.25, -0.2) is 9.78 Å². The van der Waals surface area contributed by atoms with Crippen LogP contribution in [0.4, 0.5) is 30.6 Å². The number of benzene rings is 2. The van der Waals surface area contributed by atoms with E-state index in [1.165, 1.54) is 29.9 Å². The lowest BCUT2D eigenvalue weighted by atomic mass is 10.1. The Kier molecular flexibility index (Phi) is 7.37. The van der Waals surface area contributed by atoms with Crippen molar-refractivity contribution in [2.45, 2.75) is 26.4 Å². The fraction of sp³-hybridized carbons (Fsp3) is 0.214. The molecular weight excluding hydrogens is 553 g/mol. The SMILES string of the molecule is CCc1c2cnc(Nc3cc(C)nn3C)nc2nc(=O)n1-c1cc(NC(=O)c2cccc(C(F)(F)F)c2)cc(OC)c1. The van der Waals surface area contributed by atoms with E-state index in [1.54, 1.807) is 24.0 Å². The van der Waals surface area contributed by atoms with Gasteiger partial charge in [0.2, 0.25) is 5.95 Å². The van der Waals surface area contributed by atoms with Gasteiger partial charge in [-0.05, 0) is 37.6 Å². The third-order valence-corrected chi connectivity index (χ3v) is 6.41. The number of halogens is 3. The first-order chi connectivity index (χ1) is 20.0. The zero-order chi connectivity index (χ0) is 30.2. The van der Waals surface area contributed by atoms with E-state index in [2.05, 4.69) is 30.7 Å². The highest BCUT2D eigenvalue weighted by Gasteiger charge is 2.31. The minimum Gasteiger partial charge on any atom is -0.497 e. The molecule has 0 fully saturated rings. The van der Waals surface area contributed by atoms with Gasteiger partial charge in [0.1, 0.15) is 11.6 Å². The standard InChI is InChI=1S/C28H25F3N8O3/c1-5-22-21-14-32-26(34-23-9-15(2)37-38(23)3)35-24(21)36-27(41)39(22)19-11-18(12-20(13-19)42-4)33-25(40)16-7-6-8-17(10-16)28(29,30)31/h6-14H,5H2,1-4H3,(H,33,40)(H,34,35,36,41). The van der Waals surface area contributed by atoms with Crippen molar-refractivity contribution in [2.75, 3.05) is 17.7 Å². The van der Waals surface area contributed by atoms with Crippen molar-refractivity contribution in [3.8, 4) is 11.4 Å². The summed E-state index contributed by atoms with van der Waals surface area (Å²) in [6.45, 7) is 3.70. The van der Waals surface area contributed by atoms with Crippen LogP contribution in [0.15, 0.2) is 59.5 Å². The smallest absolute Gasteiger partial charge is 0.416 e. The molecule has 0 bridgehead atoms. The fourth-order valence-corrected chi connectivity index (χ4v) is 4.50. The molecule has 0 unspecified atom stereocenters. The number of fused-ring (bicyclic) bond motifs is 1. The number of alkyl halides is 3. The second-order valence-electron chi connectivity index (χ2n) is 9.33. The number of aromatic nitrogens is 6. The number of nitrogens with zero attached hydrogens (tertiary/aromatic N) is 6. The van der Waals surface area contributed by atoms with Gasteiger partial charge in [-0.1, -0.05) is 13.0 Å². The summed E-state index contributed by atoms with van der Waals surface area (Å²) >= 11 is 0. The Hall–Kier alpha value is -5.27. The van der Waals surface area contributed by atoms with Crippen LogP contribution in [0.2, 0.25) is 0 Å². The van der Waals surface area contributed by atoms with Gasteiger partial charge in [-0.3, -0.25) is 14.0 Å². The van der Waals surface area contributed by atoms with Gasteiger partial charge in [0.05, 0.1) is 29.4 Å². The van der Waals surface area contributed by atoms with E-state index in [1.807, 2.05) is 19.9 Å². The monoisotopic (exact) mass is 578 g/mol. The van der Waals surface area contributed by atoms with E-state index < -0.39 is 23.3 Å². The summed E-state index contributed by atoms with van der Waals surface area (Å²) in [6, 6.07) is 10.5. The topological polar surface area (TPSA) is 129 Å². The molecule has 0 aliphatic heterocycles. The quantitative estimate of drug-likeness (QED) is 0.282. The van der Waals surface area contributed by atoms with E-state index in [4.69, 9.17) is 4.74 Å². The van der Waals surface area contributed by atoms with Crippen LogP contribution in [0, 0.1) is 6.92 Å². The molecule has 0 radical (unpaired) electrons. The average molecular weight is 579 g/mol. The Morgan fingerprint density at radius 3 is 2.55 bits per heavy atom. The van der Waals surface area contributed by atoms with Crippen LogP contribution in [0.25, 0.3) is 16.7 Å². The number of methoxy groups -OCH3 is 1. The van der Waals surface area contributed by atoms with Crippen LogP contribution in [0.3, 0.4) is 0 Å². The Labute approximate surface area is 237 Å². The highest BCUT2D eigenvalue weighted by atomic mass is 19.4. The molecule has 14 heteroatoms. The molecule has 0 spiro atoms. The molecule has 5 rings (SSSR count). The lowest BCUT2D eigenvalue weighted by molar-refractivity contribution is -0.137. The van der Waals surface area contributed by atoms with Crippen LogP contribution in [0.1, 0.15) is 34.2 Å². The molecule has 1 amide bonds. The molecule has 5 aromatic rings. The number of hydrogen-bond donors (Lipinski definition) is 2. The maximum absolute atomic E-state index is 13.3. The molecule has 0 saturated carbocycles. The van der Waals surface area contributed by atoms with Gasteiger partial charge in [0.25, 0.3) is 5.91 Å². The van der Waals surface area contributed by atoms with Crippen molar-refractivity contribution in [3.05, 3.63) is 87.7 Å². The van der Waals surface area contributed by atoms with E-state index in [-0.39, 0.29) is 22.8 Å². The largest absolute Gasteiger partial charge is 0.497 e. The number of aryl methyl sites for hydroxylation is 3. The summed E-state index contributed by atoms with van der Waals surface area (Å²) in [5, 5.41) is 10.5. The van der Waals surface area contributed by atoms with Crippen molar-refractivity contribution in [1.29, 1.82) is 0 Å². The Bertz CT molecular complexity index is 1880. The minimum atomic E-state index is -4.60. The van der Waals surface area contributed by atoms with Crippen LogP contribution >= 0.6 is 0 Å². The van der Waals surface area contributed by atoms with E-state index in [9.17, 15) is 22.8 Å². The molecule has 0 saturated heterocycles. The molecule has 11 nitrogen and oxygen atoms in total. The van der Waals surface area contributed by atoms with Crippen molar-refractivity contribution in [1.82, 2.24) is 29.3 Å². The predicted octanol–water partition coefficient (Wildman–Crippen LogP) is 4.80. The number of anilines is 3. The first kappa shape index (κ1) is 28.3. The predicted molar refractivity (Wildman–Crippen MR) is 149 cm³/mol. The summed E-state index contributed by atoms with van der Waals surface area (Å²) < 4.78 is 47.8. The van der Waals surface area contributed by atoms with Crippen molar-refractivity contribution < 1.29 is 22.7 Å². The molecule has 3 aromatic heterocycles. The van der Waals surface area contributed by atoms with E-state index in [0.29, 0.717) is 34.8 Å². The van der Waals surface area contributed by atoms with Crippen LogP contribution in [-0.4, -0.2) is 42.3 Å². The summed E-state index contributed by atoms with van der Waals surface area (Å²) in [5.74, 6) is 0.422. The molecule has 0 atom stereocenters. The first-order valence-electron chi connectivity index (χ1n) is 12.7. The van der Waals surface area contributed by atoms with Gasteiger partial charge in [-0.2, -0.15) is 28.2 Å². The molecule has 216 valence electrons. The van der Waals surface area contributed by atoms with Gasteiger partial charge < -0.3 is 15.4 Å². The normalized spacial score (nSPS) is 11.5. The fourth-order valence-electron chi connectivity index (χ4n) is 4.50. The molecule has 3 heterocycles. The Balaban J connectivity index is 1.53. The summed E-state index contributed by atoms with van der Waals surface area (Å²) in [4.78, 5) is 39.2. The zero-order valence-corrected chi connectivity index (χ0v) is 22.9. The van der Waals surface area contributed by atoms with Gasteiger partial charge in [0.15, 0.2) is 5.65 Å². The average Bonchev–Trinajstić information content (AvgIpc) is 3.27. The summed E-state index contributed by atoms with van der Waals surface area (Å²) in [5.41, 5.74) is 0.291. The van der Waals surface area contributed by atoms with Gasteiger partial charge in [0, 0.05) is 48.4 Å². The second-order valence-corrected chi connectivity index (χ2v) is 9.33. The number of nitrogens with one attached hydrogen (secondary N) is 2. The van der Waals surface area contributed by atoms with E-state index in [0.717, 1.165) is 23.9 Å². The molecule has 42 heavy (non-hydrogen) atoms. The third-order valence-electron chi connectivity index (χ3n) is 6.41. The van der Waals surface area contributed by atoms with Crippen molar-refractivity contribution in [3.63, 3.8) is 0 Å². The van der Waals surface area contributed by atoms with Crippen molar-refractivity contribution in [2.24, 2.45) is 7.05 Å². The molecular formula is C28H25F3N8O3. The zero-order valence-electron chi connectivity index (χ0n) is 22.9. The maximum atomic E-state index is 13.3. The summed E-state index contributed by atoms with van der Waals surface area (Å²) in [6.07, 6.45) is -2.64. The highest BCUT2D eigenvalue weighted by Crippen LogP contribution is 2.30. The minimum absolute atomic E-state index is 0.184. The van der Waals surface area contributed by atoms with Crippen LogP contribution in [-0.2, 0) is 19.6 Å². The third kappa shape index (κ3) is 5.64. The molecule has 2 N–H and O–H groups in total. The highest BCUT2D eigenvalue weighted by molar-refractivity contribution is 6.04. The molecule has 0 aliphatic rings. The molecule has 0 aliphatic carbocycles. The second kappa shape index (κ2) is 11.0. The summed E-state index contributed by atoms with van der Waals surface area (Å²) in [7, 11) is 3.18. The lowest BCUT2D eigenvalue weighted by Gasteiger charge is -2.16. The van der Waals surface area contributed by atoms with Crippen LogP contribution < -0.4 is 21.1 Å². The number of hydrogen-bond acceptors (Lipinski definition) is 8. The Morgan fingerprint density at radius 2 is 1.88 bits per heavy atom. The molecule has 2 aromatic carbocycles. The van der Waals surface area contributed by atoms with Gasteiger partial charge in [-0.15, -0.1) is 0 Å².